The zero-order valence-electron chi connectivity index (χ0n) is 10.5. The van der Waals surface area contributed by atoms with E-state index in [1.807, 2.05) is 0 Å². The van der Waals surface area contributed by atoms with Gasteiger partial charge in [0.25, 0.3) is 0 Å². The Hall–Kier alpha value is -1.29. The van der Waals surface area contributed by atoms with Crippen LogP contribution in [0.1, 0.15) is 18.9 Å². The number of thioether (sulfide) groups is 1. The minimum atomic E-state index is -4.42. The van der Waals surface area contributed by atoms with Crippen molar-refractivity contribution in [1.82, 2.24) is 15.0 Å². The number of hydrogen-bond donors (Lipinski definition) is 2. The molecule has 1 rings (SSSR count). The molecule has 10 heteroatoms. The lowest BCUT2D eigenvalue weighted by molar-refractivity contribution is -0.173. The molecule has 0 aromatic carbocycles. The molecular formula is C10H15F3N4O2S. The van der Waals surface area contributed by atoms with Crippen LogP contribution in [0, 0.1) is 0 Å². The number of aromatic nitrogens is 3. The lowest BCUT2D eigenvalue weighted by Gasteiger charge is -2.19. The Balaban J connectivity index is 2.36. The minimum absolute atomic E-state index is 0.175. The zero-order chi connectivity index (χ0) is 15.2. The molecular weight excluding hydrogens is 297 g/mol. The summed E-state index contributed by atoms with van der Waals surface area (Å²) in [6.45, 7) is 0. The van der Waals surface area contributed by atoms with Crippen LogP contribution in [-0.2, 0) is 4.79 Å². The van der Waals surface area contributed by atoms with Gasteiger partial charge in [-0.25, -0.2) is 0 Å². The first-order valence-electron chi connectivity index (χ1n) is 5.81. The van der Waals surface area contributed by atoms with Gasteiger partial charge >= 0.3 is 12.1 Å². The lowest BCUT2D eigenvalue weighted by Crippen LogP contribution is -2.30. The SMILES string of the molecule is NC(CCSCCC(n1nccn1)C(F)(F)F)C(=O)O. The number of rotatable bonds is 8. The standard InChI is InChI=1S/C10H15F3N4O2S/c11-10(12,13)8(17-15-3-4-16-17)2-6-20-5-1-7(14)9(18)19/h3-4,7-8H,1-2,5-6,14H2,(H,18,19). The maximum absolute atomic E-state index is 12.8. The van der Waals surface area contributed by atoms with Gasteiger partial charge in [-0.2, -0.15) is 39.9 Å². The van der Waals surface area contributed by atoms with Crippen LogP contribution >= 0.6 is 11.8 Å². The van der Waals surface area contributed by atoms with Crippen LogP contribution in [0.2, 0.25) is 0 Å². The molecule has 0 fully saturated rings. The first kappa shape index (κ1) is 16.8. The van der Waals surface area contributed by atoms with E-state index in [0.29, 0.717) is 10.5 Å². The summed E-state index contributed by atoms with van der Waals surface area (Å²) < 4.78 is 38.5. The average Bonchev–Trinajstić information content (AvgIpc) is 2.84. The van der Waals surface area contributed by atoms with E-state index in [9.17, 15) is 18.0 Å². The Bertz CT molecular complexity index is 413. The minimum Gasteiger partial charge on any atom is -0.480 e. The molecule has 0 aliphatic carbocycles. The molecule has 6 nitrogen and oxygen atoms in total. The Kier molecular flexibility index (Phi) is 6.27. The summed E-state index contributed by atoms with van der Waals surface area (Å²) in [6.07, 6.45) is -1.99. The van der Waals surface area contributed by atoms with E-state index in [1.165, 1.54) is 24.2 Å². The normalized spacial score (nSPS) is 15.0. The Labute approximate surface area is 117 Å². The highest BCUT2D eigenvalue weighted by atomic mass is 32.2. The van der Waals surface area contributed by atoms with E-state index in [4.69, 9.17) is 10.8 Å². The first-order valence-corrected chi connectivity index (χ1v) is 6.96. The smallest absolute Gasteiger partial charge is 0.412 e. The molecule has 0 aliphatic rings. The van der Waals surface area contributed by atoms with Crippen molar-refractivity contribution in [1.29, 1.82) is 0 Å². The molecule has 0 saturated heterocycles. The van der Waals surface area contributed by atoms with Gasteiger partial charge in [-0.05, 0) is 24.3 Å². The van der Waals surface area contributed by atoms with Gasteiger partial charge < -0.3 is 10.8 Å². The summed E-state index contributed by atoms with van der Waals surface area (Å²) >= 11 is 1.23. The van der Waals surface area contributed by atoms with Crippen molar-refractivity contribution in [3.8, 4) is 0 Å². The second kappa shape index (κ2) is 7.48. The maximum Gasteiger partial charge on any atom is 0.412 e. The van der Waals surface area contributed by atoms with Crippen molar-refractivity contribution >= 4 is 17.7 Å². The third kappa shape index (κ3) is 5.37. The van der Waals surface area contributed by atoms with Crippen LogP contribution < -0.4 is 5.73 Å². The van der Waals surface area contributed by atoms with Crippen molar-refractivity contribution < 1.29 is 23.1 Å². The van der Waals surface area contributed by atoms with E-state index in [2.05, 4.69) is 10.2 Å². The van der Waals surface area contributed by atoms with E-state index < -0.39 is 24.2 Å². The predicted molar refractivity (Wildman–Crippen MR) is 67.3 cm³/mol. The molecule has 0 aliphatic heterocycles. The molecule has 20 heavy (non-hydrogen) atoms. The summed E-state index contributed by atoms with van der Waals surface area (Å²) in [6, 6.07) is -2.74. The van der Waals surface area contributed by atoms with E-state index in [1.54, 1.807) is 0 Å². The maximum atomic E-state index is 12.8. The van der Waals surface area contributed by atoms with Crippen LogP contribution in [0.25, 0.3) is 0 Å². The highest BCUT2D eigenvalue weighted by molar-refractivity contribution is 7.99. The van der Waals surface area contributed by atoms with Gasteiger partial charge in [0.1, 0.15) is 6.04 Å². The fraction of sp³-hybridized carbons (Fsp3) is 0.700. The van der Waals surface area contributed by atoms with Gasteiger partial charge in [-0.1, -0.05) is 0 Å². The largest absolute Gasteiger partial charge is 0.480 e. The summed E-state index contributed by atoms with van der Waals surface area (Å²) in [5.74, 6) is -0.498. The van der Waals surface area contributed by atoms with Crippen LogP contribution in [0.15, 0.2) is 12.4 Å². The molecule has 0 spiro atoms. The van der Waals surface area contributed by atoms with Crippen LogP contribution in [-0.4, -0.2) is 49.8 Å². The van der Waals surface area contributed by atoms with Crippen molar-refractivity contribution in [2.45, 2.75) is 31.1 Å². The molecule has 0 radical (unpaired) electrons. The fourth-order valence-electron chi connectivity index (χ4n) is 1.43. The van der Waals surface area contributed by atoms with Gasteiger partial charge in [-0.15, -0.1) is 0 Å². The van der Waals surface area contributed by atoms with Crippen LogP contribution in [0.4, 0.5) is 13.2 Å². The average molecular weight is 312 g/mol. The van der Waals surface area contributed by atoms with Gasteiger partial charge in [0.15, 0.2) is 6.04 Å². The van der Waals surface area contributed by atoms with Crippen molar-refractivity contribution in [2.75, 3.05) is 11.5 Å². The summed E-state index contributed by atoms with van der Waals surface area (Å²) in [5, 5.41) is 15.6. The predicted octanol–water partition coefficient (Wildman–Crippen LogP) is 1.31. The number of hydrogen-bond acceptors (Lipinski definition) is 5. The second-order valence-corrected chi connectivity index (χ2v) is 5.27. The van der Waals surface area contributed by atoms with Crippen molar-refractivity contribution in [3.63, 3.8) is 0 Å². The Morgan fingerprint density at radius 3 is 2.35 bits per heavy atom. The second-order valence-electron chi connectivity index (χ2n) is 4.04. The first-order chi connectivity index (χ1) is 9.32. The molecule has 0 bridgehead atoms. The van der Waals surface area contributed by atoms with Gasteiger partial charge in [0.05, 0.1) is 12.4 Å². The van der Waals surface area contributed by atoms with E-state index in [-0.39, 0.29) is 18.6 Å². The monoisotopic (exact) mass is 312 g/mol. The number of nitrogens with zero attached hydrogens (tertiary/aromatic N) is 3. The molecule has 1 aromatic heterocycles. The van der Waals surface area contributed by atoms with Gasteiger partial charge in [0, 0.05) is 0 Å². The van der Waals surface area contributed by atoms with E-state index in [0.717, 1.165) is 0 Å². The van der Waals surface area contributed by atoms with Crippen LogP contribution in [0.5, 0.6) is 0 Å². The number of nitrogens with two attached hydrogens (primary N) is 1. The number of carboxylic acids is 1. The molecule has 3 N–H and O–H groups in total. The van der Waals surface area contributed by atoms with E-state index >= 15 is 0 Å². The highest BCUT2D eigenvalue weighted by Crippen LogP contribution is 2.32. The van der Waals surface area contributed by atoms with Gasteiger partial charge in [0.2, 0.25) is 0 Å². The number of halogens is 3. The molecule has 0 amide bonds. The topological polar surface area (TPSA) is 94.0 Å². The van der Waals surface area contributed by atoms with Crippen molar-refractivity contribution in [3.05, 3.63) is 12.4 Å². The third-order valence-corrected chi connectivity index (χ3v) is 3.57. The van der Waals surface area contributed by atoms with Crippen LogP contribution in [0.3, 0.4) is 0 Å². The molecule has 2 unspecified atom stereocenters. The molecule has 1 aromatic rings. The molecule has 0 saturated carbocycles. The number of aliphatic carboxylic acids is 1. The summed E-state index contributed by atoms with van der Waals surface area (Å²) in [5.41, 5.74) is 5.29. The number of carbonyl (C=O) groups is 1. The Morgan fingerprint density at radius 1 is 1.30 bits per heavy atom. The number of alkyl halides is 3. The lowest BCUT2D eigenvalue weighted by atomic mass is 10.2. The number of carboxylic acid groups (broad SMARTS) is 1. The van der Waals surface area contributed by atoms with Gasteiger partial charge in [-0.3, -0.25) is 4.79 Å². The summed E-state index contributed by atoms with van der Waals surface area (Å²) in [4.78, 5) is 11.1. The Morgan fingerprint density at radius 2 is 1.85 bits per heavy atom. The quantitative estimate of drug-likeness (QED) is 0.703. The zero-order valence-corrected chi connectivity index (χ0v) is 11.3. The fourth-order valence-corrected chi connectivity index (χ4v) is 2.44. The molecule has 2 atom stereocenters. The molecule has 114 valence electrons. The highest BCUT2D eigenvalue weighted by Gasteiger charge is 2.41. The third-order valence-electron chi connectivity index (χ3n) is 2.52. The summed E-state index contributed by atoms with van der Waals surface area (Å²) in [7, 11) is 0. The van der Waals surface area contributed by atoms with Crippen molar-refractivity contribution in [2.24, 2.45) is 5.73 Å². The molecule has 1 heterocycles.